The van der Waals surface area contributed by atoms with E-state index < -0.39 is 33.1 Å². The largest absolute Gasteiger partial charge is 0.400 e. The lowest BCUT2D eigenvalue weighted by atomic mass is 10.0. The Morgan fingerprint density at radius 3 is 1.96 bits per heavy atom. The van der Waals surface area contributed by atoms with E-state index in [1.165, 1.54) is 26.6 Å². The Labute approximate surface area is 452 Å². The molecule has 0 radical (unpaired) electrons. The van der Waals surface area contributed by atoms with Gasteiger partial charge in [0.15, 0.2) is 0 Å². The maximum absolute atomic E-state index is 11.3. The molecular weight excluding hydrogens is 1000 g/mol. The number of nitrogens with zero attached hydrogens (tertiary/aromatic N) is 5. The minimum atomic E-state index is -1.59. The Kier molecular flexibility index (Phi) is 36.9. The van der Waals surface area contributed by atoms with E-state index in [1.807, 2.05) is 102 Å². The van der Waals surface area contributed by atoms with Crippen LogP contribution in [0.2, 0.25) is 0 Å². The number of rotatable bonds is 29. The van der Waals surface area contributed by atoms with Gasteiger partial charge in [-0.1, -0.05) is 28.1 Å². The smallest absolute Gasteiger partial charge is 0.333 e. The monoisotopic (exact) mass is 1100 g/mol. The lowest BCUT2D eigenvalue weighted by Gasteiger charge is -2.37. The van der Waals surface area contributed by atoms with Crippen LogP contribution in [0, 0.1) is 42.9 Å². The van der Waals surface area contributed by atoms with Gasteiger partial charge in [0.05, 0.1) is 122 Å². The van der Waals surface area contributed by atoms with Crippen LogP contribution in [0.1, 0.15) is 171 Å². The molecule has 1 aromatic rings. The van der Waals surface area contributed by atoms with Crippen molar-refractivity contribution in [2.45, 2.75) is 242 Å². The van der Waals surface area contributed by atoms with Crippen LogP contribution in [0.4, 0.5) is 11.4 Å². The van der Waals surface area contributed by atoms with Crippen molar-refractivity contribution >= 4 is 28.5 Å². The number of nitro groups is 2. The van der Waals surface area contributed by atoms with Crippen LogP contribution in [0.25, 0.3) is 0 Å². The molecule has 0 bridgehead atoms. The molecule has 2 fully saturated rings. The van der Waals surface area contributed by atoms with E-state index in [1.54, 1.807) is 0 Å². The predicted octanol–water partition coefficient (Wildman–Crippen LogP) is 11.4. The number of aliphatic hydroxyl groups is 3. The third-order valence-electron chi connectivity index (χ3n) is 10.2. The van der Waals surface area contributed by atoms with Gasteiger partial charge in [0.2, 0.25) is 2.86 Å². The van der Waals surface area contributed by atoms with Crippen molar-refractivity contribution in [2.24, 2.45) is 0 Å². The summed E-state index contributed by atoms with van der Waals surface area (Å²) in [5, 5.41) is 57.4. The molecule has 2 aliphatic rings. The summed E-state index contributed by atoms with van der Waals surface area (Å²) in [4.78, 5) is 20.9. The van der Waals surface area contributed by atoms with Gasteiger partial charge in [0.1, 0.15) is 12.2 Å². The number of hydrogen-bond donors (Lipinski definition) is 3. The van der Waals surface area contributed by atoms with Gasteiger partial charge >= 0.3 is 8.60 Å². The topological polar surface area (TPSA) is 281 Å². The number of non-ortho nitro benzene ring substituents is 1. The summed E-state index contributed by atoms with van der Waals surface area (Å²) in [7, 11) is -0.535. The minimum absolute atomic E-state index is 0. The molecule has 74 heavy (non-hydrogen) atoms. The molecular formula is C51H97N5O16P2. The highest BCUT2D eigenvalue weighted by Crippen LogP contribution is 2.48. The molecule has 23 heteroatoms. The molecule has 4 unspecified atom stereocenters. The van der Waals surface area contributed by atoms with Gasteiger partial charge in [-0.3, -0.25) is 20.2 Å². The third kappa shape index (κ3) is 32.8. The SMILES string of the molecule is C.C[C@H]1C[C@@H](O)[C@@H](COC(C)(C)C)O1.[2H]C.[2H]OC.[3H]CCC(C)OP(OCCC#N)O[C@@H]1C[C@H](C)O[C@@H]1COC(C)(C)C.[3H]OCC(CCCCc1ccc([N+](=O)[O-])cc1[N+](=O)[O-])OP(OCCC#N)N(C(C)C)C(C)C. The van der Waals surface area contributed by atoms with Gasteiger partial charge < -0.3 is 56.9 Å². The van der Waals surface area contributed by atoms with E-state index in [2.05, 4.69) is 14.9 Å². The highest BCUT2D eigenvalue weighted by Gasteiger charge is 2.38. The molecule has 0 saturated carbocycles. The maximum atomic E-state index is 11.3. The van der Waals surface area contributed by atoms with Crippen LogP contribution in [-0.2, 0) is 48.0 Å². The molecule has 21 nitrogen and oxygen atoms in total. The normalized spacial score (nSPS) is 21.6. The van der Waals surface area contributed by atoms with Gasteiger partial charge in [0, 0.05) is 46.4 Å². The van der Waals surface area contributed by atoms with Crippen molar-refractivity contribution in [3.8, 4) is 12.1 Å². The Balaban J connectivity index is -0.00000111. The fourth-order valence-electron chi connectivity index (χ4n) is 6.81. The molecule has 1 aromatic carbocycles. The molecule has 2 aliphatic heterocycles. The van der Waals surface area contributed by atoms with E-state index in [4.69, 9.17) is 57.7 Å². The molecule has 0 spiro atoms. The van der Waals surface area contributed by atoms with Crippen molar-refractivity contribution in [3.63, 3.8) is 0 Å². The van der Waals surface area contributed by atoms with Crippen molar-refractivity contribution in [2.75, 3.05) is 40.1 Å². The van der Waals surface area contributed by atoms with Gasteiger partial charge in [-0.2, -0.15) is 10.5 Å². The molecule has 0 amide bonds. The number of benzene rings is 1. The number of nitro benzene ring substituents is 2. The second kappa shape index (κ2) is 40.5. The fraction of sp³-hybridized carbons (Fsp3) is 0.843. The minimum Gasteiger partial charge on any atom is -0.400 e. The Hall–Kier alpha value is -2.66. The number of nitriles is 2. The number of aryl methyl sites for hydroxylation is 1. The van der Waals surface area contributed by atoms with Crippen LogP contribution < -0.4 is 0 Å². The van der Waals surface area contributed by atoms with E-state index in [-0.39, 0.29) is 124 Å². The molecule has 3 N–H and O–H groups in total. The first-order valence-electron chi connectivity index (χ1n) is 27.1. The summed E-state index contributed by atoms with van der Waals surface area (Å²) < 4.78 is 80.4. The molecule has 432 valence electrons. The van der Waals surface area contributed by atoms with Crippen LogP contribution in [0.15, 0.2) is 18.2 Å². The third-order valence-corrected chi connectivity index (χ3v) is 13.8. The van der Waals surface area contributed by atoms with Gasteiger partial charge in [-0.05, 0) is 122 Å². The molecule has 0 aliphatic carbocycles. The Morgan fingerprint density at radius 1 is 0.919 bits per heavy atom. The number of aliphatic hydroxyl groups excluding tert-OH is 3. The van der Waals surface area contributed by atoms with Gasteiger partial charge in [0.25, 0.3) is 19.9 Å². The fourth-order valence-corrected chi connectivity index (χ4v) is 9.79. The zero-order chi connectivity index (χ0) is 59.3. The zero-order valence-electron chi connectivity index (χ0n) is 50.3. The summed E-state index contributed by atoms with van der Waals surface area (Å²) in [6, 6.07) is 8.03. The number of unbranched alkanes of at least 4 members (excludes halogenated alkanes) is 1. The van der Waals surface area contributed by atoms with Crippen molar-refractivity contribution in [1.82, 2.24) is 4.67 Å². The molecule has 2 saturated heterocycles. The van der Waals surface area contributed by atoms with E-state index >= 15 is 0 Å². The first-order valence-corrected chi connectivity index (χ1v) is 26.8. The number of hydrogen-bond acceptors (Lipinski definition) is 19. The van der Waals surface area contributed by atoms with Crippen molar-refractivity contribution < 1.29 is 69.5 Å². The summed E-state index contributed by atoms with van der Waals surface area (Å²) >= 11 is 0. The number of ether oxygens (including phenoxy) is 4. The highest BCUT2D eigenvalue weighted by atomic mass is 31.2. The average Bonchev–Trinajstić information content (AvgIpc) is 3.86. The predicted molar refractivity (Wildman–Crippen MR) is 290 cm³/mol. The Morgan fingerprint density at radius 2 is 1.47 bits per heavy atom. The van der Waals surface area contributed by atoms with Crippen LogP contribution in [0.3, 0.4) is 0 Å². The highest BCUT2D eigenvalue weighted by molar-refractivity contribution is 7.44. The second-order valence-electron chi connectivity index (χ2n) is 19.7. The van der Waals surface area contributed by atoms with E-state index in [0.29, 0.717) is 50.9 Å². The van der Waals surface area contributed by atoms with Crippen molar-refractivity contribution in [3.05, 3.63) is 44.0 Å². The van der Waals surface area contributed by atoms with Crippen LogP contribution in [0.5, 0.6) is 0 Å². The van der Waals surface area contributed by atoms with E-state index in [9.17, 15) is 25.3 Å². The quantitative estimate of drug-likeness (QED) is 0.0291. The van der Waals surface area contributed by atoms with Crippen LogP contribution >= 0.6 is 17.1 Å². The summed E-state index contributed by atoms with van der Waals surface area (Å²) in [6.07, 6.45) is 3.54. The molecule has 2 heterocycles. The molecule has 3 rings (SSSR count). The lowest BCUT2D eigenvalue weighted by molar-refractivity contribution is -0.394. The van der Waals surface area contributed by atoms with E-state index in [0.717, 1.165) is 18.9 Å². The first kappa shape index (κ1) is 67.4. The lowest BCUT2D eigenvalue weighted by Crippen LogP contribution is -2.35. The molecule has 10 atom stereocenters. The van der Waals surface area contributed by atoms with Gasteiger partial charge in [-0.25, -0.2) is 4.67 Å². The average molecular weight is 1100 g/mol. The summed E-state index contributed by atoms with van der Waals surface area (Å²) in [5.74, 6) is 0. The van der Waals surface area contributed by atoms with Crippen LogP contribution in [-0.4, -0.2) is 145 Å². The summed E-state index contributed by atoms with van der Waals surface area (Å²) in [6.45, 7) is 27.7. The Bertz CT molecular complexity index is 1790. The van der Waals surface area contributed by atoms with Crippen molar-refractivity contribution in [1.29, 1.82) is 13.4 Å². The van der Waals surface area contributed by atoms with Gasteiger partial charge in [-0.15, -0.1) is 0 Å². The zero-order valence-corrected chi connectivity index (χ0v) is 48.1. The maximum Gasteiger partial charge on any atom is 0.333 e. The summed E-state index contributed by atoms with van der Waals surface area (Å²) in [5.41, 5.74) is -0.559. The second-order valence-corrected chi connectivity index (χ2v) is 22.2. The molecule has 0 aromatic heterocycles. The standard InChI is InChI=1S/C21H33N4O7P.C17H32NO5P.C10H20O3.CH4O.2CH4/c1-16(2)23(17(3)4)33(31-13-7-12-22)32-20(15-26)9-6-5-8-18-10-11-19(24(27)28)14-21(18)25(29)30;1-7-13(2)22-24(20-10-8-9-18)23-15-11-14(3)21-16(15)12-19-17(4,5)6;1-7-5-8(11)9(13-7)6-12-10(2,3)4;1-2;;/h10-11,14,16-17,20,26H,5-9,13,15H2,1-4H3;13-16H,7-8,10-12H2,1-6H3;7-9,11H,5-6H2,1-4H3;2H,1H3;2*1H4/t;13?,14-,15+,16+,24?;7-,8+,9+;;;/m.00.../s1/i26T;1T;;2D;1D;. The first-order chi connectivity index (χ1) is 36.2.